The average molecular weight is 377 g/mol. The van der Waals surface area contributed by atoms with Gasteiger partial charge in [0.2, 0.25) is 5.91 Å². The van der Waals surface area contributed by atoms with Crippen LogP contribution in [0, 0.1) is 18.7 Å². The lowest BCUT2D eigenvalue weighted by Gasteiger charge is -2.36. The summed E-state index contributed by atoms with van der Waals surface area (Å²) >= 11 is 0. The Kier molecular flexibility index (Phi) is 8.29. The van der Waals surface area contributed by atoms with Gasteiger partial charge in [-0.1, -0.05) is 32.1 Å². The van der Waals surface area contributed by atoms with E-state index in [9.17, 15) is 9.18 Å². The second-order valence-corrected chi connectivity index (χ2v) is 7.35. The predicted octanol–water partition coefficient (Wildman–Crippen LogP) is 4.09. The van der Waals surface area contributed by atoms with E-state index in [1.807, 2.05) is 20.8 Å². The number of piperidine rings is 1. The summed E-state index contributed by atoms with van der Waals surface area (Å²) in [6, 6.07) is 4.84. The molecule has 0 atom stereocenters. The molecule has 0 spiro atoms. The number of aryl methyl sites for hydroxylation is 1. The van der Waals surface area contributed by atoms with Crippen LogP contribution in [0.2, 0.25) is 0 Å². The van der Waals surface area contributed by atoms with E-state index in [0.717, 1.165) is 44.3 Å². The van der Waals surface area contributed by atoms with Gasteiger partial charge in [0.15, 0.2) is 0 Å². The SMILES string of the molecule is C=C1CCN(CC(=O)NC2CC(COc3cc(F)ccc3C)C2)CC1.CC. The van der Waals surface area contributed by atoms with Crippen molar-refractivity contribution in [2.24, 2.45) is 5.92 Å². The maximum absolute atomic E-state index is 13.3. The molecule has 1 N–H and O–H groups in total. The first-order chi connectivity index (χ1) is 13.0. The number of carbonyl (C=O) groups excluding carboxylic acids is 1. The van der Waals surface area contributed by atoms with Gasteiger partial charge in [0.05, 0.1) is 13.2 Å². The summed E-state index contributed by atoms with van der Waals surface area (Å²) in [7, 11) is 0. The number of benzene rings is 1. The summed E-state index contributed by atoms with van der Waals surface area (Å²) in [6.07, 6.45) is 3.85. The van der Waals surface area contributed by atoms with Gasteiger partial charge in [-0.2, -0.15) is 0 Å². The van der Waals surface area contributed by atoms with Crippen molar-refractivity contribution in [3.05, 3.63) is 41.7 Å². The number of nitrogens with one attached hydrogen (secondary N) is 1. The summed E-state index contributed by atoms with van der Waals surface area (Å²) in [5.41, 5.74) is 2.22. The third-order valence-corrected chi connectivity index (χ3v) is 5.16. The van der Waals surface area contributed by atoms with Crippen molar-refractivity contribution in [2.45, 2.75) is 52.5 Å². The molecule has 27 heavy (non-hydrogen) atoms. The lowest BCUT2D eigenvalue weighted by Crippen LogP contribution is -2.49. The highest BCUT2D eigenvalue weighted by molar-refractivity contribution is 5.78. The van der Waals surface area contributed by atoms with Crippen molar-refractivity contribution in [1.29, 1.82) is 0 Å². The molecule has 1 heterocycles. The number of likely N-dealkylation sites (tertiary alicyclic amines) is 1. The minimum Gasteiger partial charge on any atom is -0.493 e. The minimum atomic E-state index is -0.277. The first-order valence-electron chi connectivity index (χ1n) is 10.1. The molecule has 0 unspecified atom stereocenters. The summed E-state index contributed by atoms with van der Waals surface area (Å²) in [5.74, 6) is 0.865. The van der Waals surface area contributed by atoms with Crippen molar-refractivity contribution < 1.29 is 13.9 Å². The van der Waals surface area contributed by atoms with Crippen LogP contribution in [0.25, 0.3) is 0 Å². The van der Waals surface area contributed by atoms with E-state index in [1.54, 1.807) is 6.07 Å². The van der Waals surface area contributed by atoms with Gasteiger partial charge in [0.1, 0.15) is 11.6 Å². The lowest BCUT2D eigenvalue weighted by molar-refractivity contribution is -0.124. The molecule has 1 saturated heterocycles. The number of ether oxygens (including phenoxy) is 1. The maximum Gasteiger partial charge on any atom is 0.234 e. The van der Waals surface area contributed by atoms with Crippen molar-refractivity contribution in [2.75, 3.05) is 26.2 Å². The molecule has 1 aromatic carbocycles. The van der Waals surface area contributed by atoms with Crippen LogP contribution in [-0.2, 0) is 4.79 Å². The highest BCUT2D eigenvalue weighted by atomic mass is 19.1. The second-order valence-electron chi connectivity index (χ2n) is 7.35. The standard InChI is InChI=1S/C20H27FN2O2.C2H6/c1-14-5-7-23(8-6-14)12-20(24)22-18-9-16(10-18)13-25-19-11-17(21)4-3-15(19)2;1-2/h3-4,11,16,18H,1,5-10,12-13H2,2H3,(H,22,24);1-2H3. The molecular weight excluding hydrogens is 343 g/mol. The molecule has 1 amide bonds. The Hall–Kier alpha value is -1.88. The van der Waals surface area contributed by atoms with Crippen LogP contribution < -0.4 is 10.1 Å². The number of amides is 1. The van der Waals surface area contributed by atoms with Gasteiger partial charge >= 0.3 is 0 Å². The van der Waals surface area contributed by atoms with Crippen LogP contribution in [0.15, 0.2) is 30.4 Å². The van der Waals surface area contributed by atoms with Crippen LogP contribution in [0.4, 0.5) is 4.39 Å². The Labute approximate surface area is 162 Å². The molecule has 150 valence electrons. The Balaban J connectivity index is 0.00000126. The third kappa shape index (κ3) is 6.65. The normalized spacial score (nSPS) is 22.3. The van der Waals surface area contributed by atoms with Gasteiger partial charge in [-0.15, -0.1) is 0 Å². The summed E-state index contributed by atoms with van der Waals surface area (Å²) in [4.78, 5) is 14.3. The van der Waals surface area contributed by atoms with E-state index in [1.165, 1.54) is 17.7 Å². The summed E-state index contributed by atoms with van der Waals surface area (Å²) in [5, 5.41) is 3.10. The van der Waals surface area contributed by atoms with Gasteiger partial charge in [-0.25, -0.2) is 4.39 Å². The van der Waals surface area contributed by atoms with Gasteiger partial charge < -0.3 is 10.1 Å². The molecule has 1 saturated carbocycles. The van der Waals surface area contributed by atoms with Crippen molar-refractivity contribution in [3.63, 3.8) is 0 Å². The number of hydrogen-bond donors (Lipinski definition) is 1. The van der Waals surface area contributed by atoms with E-state index < -0.39 is 0 Å². The molecule has 1 aliphatic heterocycles. The maximum atomic E-state index is 13.3. The van der Waals surface area contributed by atoms with Gasteiger partial charge in [-0.05, 0) is 50.2 Å². The number of hydrogen-bond acceptors (Lipinski definition) is 3. The molecule has 3 rings (SSSR count). The fourth-order valence-corrected chi connectivity index (χ4v) is 3.43. The van der Waals surface area contributed by atoms with Crippen LogP contribution in [0.3, 0.4) is 0 Å². The Bertz CT molecular complexity index is 631. The van der Waals surface area contributed by atoms with E-state index in [-0.39, 0.29) is 17.8 Å². The zero-order valence-corrected chi connectivity index (χ0v) is 16.9. The molecule has 1 aliphatic carbocycles. The molecule has 4 nitrogen and oxygen atoms in total. The highest BCUT2D eigenvalue weighted by Gasteiger charge is 2.31. The molecule has 5 heteroatoms. The Morgan fingerprint density at radius 3 is 2.63 bits per heavy atom. The third-order valence-electron chi connectivity index (χ3n) is 5.16. The van der Waals surface area contributed by atoms with Crippen LogP contribution >= 0.6 is 0 Å². The first-order valence-corrected chi connectivity index (χ1v) is 10.1. The zero-order chi connectivity index (χ0) is 19.8. The number of rotatable bonds is 6. The molecule has 0 aromatic heterocycles. The molecule has 2 aliphatic rings. The van der Waals surface area contributed by atoms with E-state index in [2.05, 4.69) is 16.8 Å². The zero-order valence-electron chi connectivity index (χ0n) is 16.9. The van der Waals surface area contributed by atoms with Crippen molar-refractivity contribution >= 4 is 5.91 Å². The summed E-state index contributed by atoms with van der Waals surface area (Å²) < 4.78 is 19.0. The van der Waals surface area contributed by atoms with Crippen molar-refractivity contribution in [3.8, 4) is 5.75 Å². The minimum absolute atomic E-state index is 0.109. The number of carbonyl (C=O) groups is 1. The van der Waals surface area contributed by atoms with E-state index in [4.69, 9.17) is 4.74 Å². The predicted molar refractivity (Wildman–Crippen MR) is 107 cm³/mol. The number of halogens is 1. The monoisotopic (exact) mass is 376 g/mol. The van der Waals surface area contributed by atoms with E-state index >= 15 is 0 Å². The Morgan fingerprint density at radius 2 is 1.96 bits per heavy atom. The molecule has 1 aromatic rings. The summed E-state index contributed by atoms with van der Waals surface area (Å²) in [6.45, 7) is 12.8. The van der Waals surface area contributed by atoms with Crippen molar-refractivity contribution in [1.82, 2.24) is 10.2 Å². The second kappa shape index (κ2) is 10.5. The van der Waals surface area contributed by atoms with Crippen LogP contribution in [0.1, 0.15) is 45.1 Å². The van der Waals surface area contributed by atoms with Crippen LogP contribution in [-0.4, -0.2) is 43.1 Å². The quantitative estimate of drug-likeness (QED) is 0.761. The first kappa shape index (κ1) is 21.4. The van der Waals surface area contributed by atoms with Gasteiger partial charge in [0, 0.05) is 25.2 Å². The fourth-order valence-electron chi connectivity index (χ4n) is 3.43. The molecule has 2 fully saturated rings. The highest BCUT2D eigenvalue weighted by Crippen LogP contribution is 2.29. The fraction of sp³-hybridized carbons (Fsp3) is 0.591. The van der Waals surface area contributed by atoms with Gasteiger partial charge in [-0.3, -0.25) is 9.69 Å². The molecular formula is C22H33FN2O2. The smallest absolute Gasteiger partial charge is 0.234 e. The Morgan fingerprint density at radius 1 is 1.30 bits per heavy atom. The van der Waals surface area contributed by atoms with E-state index in [0.29, 0.717) is 24.8 Å². The molecule has 0 radical (unpaired) electrons. The van der Waals surface area contributed by atoms with Gasteiger partial charge in [0.25, 0.3) is 0 Å². The topological polar surface area (TPSA) is 41.6 Å². The largest absolute Gasteiger partial charge is 0.493 e. The molecule has 0 bridgehead atoms. The average Bonchev–Trinajstić information content (AvgIpc) is 2.63. The lowest BCUT2D eigenvalue weighted by atomic mass is 9.81. The van der Waals surface area contributed by atoms with Crippen LogP contribution in [0.5, 0.6) is 5.75 Å². The number of nitrogens with zero attached hydrogens (tertiary/aromatic N) is 1.